The summed E-state index contributed by atoms with van der Waals surface area (Å²) in [6, 6.07) is 4.01. The fraction of sp³-hybridized carbons (Fsp3) is 0.625. The van der Waals surface area contributed by atoms with Gasteiger partial charge in [0.15, 0.2) is 23.2 Å². The van der Waals surface area contributed by atoms with Gasteiger partial charge in [0.05, 0.1) is 30.6 Å². The van der Waals surface area contributed by atoms with E-state index in [4.69, 9.17) is 23.7 Å². The van der Waals surface area contributed by atoms with Crippen LogP contribution in [0, 0.1) is 0 Å². The Morgan fingerprint density at radius 2 is 1.93 bits per heavy atom. The molecule has 0 aromatic heterocycles. The van der Waals surface area contributed by atoms with Crippen molar-refractivity contribution in [2.24, 2.45) is 0 Å². The number of aliphatic hydroxyl groups is 2. The van der Waals surface area contributed by atoms with Crippen LogP contribution >= 0.6 is 0 Å². The zero-order valence-electron chi connectivity index (χ0n) is 25.0. The topological polar surface area (TPSA) is 124 Å². The molecule has 10 heteroatoms. The van der Waals surface area contributed by atoms with E-state index < -0.39 is 41.2 Å². The summed E-state index contributed by atoms with van der Waals surface area (Å²) in [6.07, 6.45) is 7.29. The average Bonchev–Trinajstić information content (AvgIpc) is 3.61. The normalized spacial score (nSPS) is 26.1. The molecule has 1 saturated heterocycles. The van der Waals surface area contributed by atoms with Crippen LogP contribution in [0.2, 0.25) is 0 Å². The van der Waals surface area contributed by atoms with Crippen molar-refractivity contribution in [3.63, 3.8) is 0 Å². The quantitative estimate of drug-likeness (QED) is 0.294. The lowest BCUT2D eigenvalue weighted by atomic mass is 9.77. The molecule has 5 rings (SSSR count). The Morgan fingerprint density at radius 1 is 1.17 bits per heavy atom. The van der Waals surface area contributed by atoms with Crippen LogP contribution in [-0.2, 0) is 30.2 Å². The maximum atomic E-state index is 14.0. The van der Waals surface area contributed by atoms with Crippen molar-refractivity contribution in [3.05, 3.63) is 47.2 Å². The Hall–Kier alpha value is -3.08. The van der Waals surface area contributed by atoms with Gasteiger partial charge in [-0.3, -0.25) is 9.69 Å². The maximum Gasteiger partial charge on any atom is 0.339 e. The molecule has 3 aliphatic heterocycles. The molecular formula is C32H43NO9. The van der Waals surface area contributed by atoms with E-state index in [1.54, 1.807) is 40.0 Å². The molecule has 1 aromatic carbocycles. The lowest BCUT2D eigenvalue weighted by Gasteiger charge is -2.39. The number of allylic oxidation sites excluding steroid dienone is 1. The highest BCUT2D eigenvalue weighted by molar-refractivity contribution is 5.86. The molecule has 4 aliphatic rings. The van der Waals surface area contributed by atoms with Crippen molar-refractivity contribution in [2.75, 3.05) is 33.6 Å². The van der Waals surface area contributed by atoms with Crippen LogP contribution < -0.4 is 9.47 Å². The first-order valence-corrected chi connectivity index (χ1v) is 14.9. The van der Waals surface area contributed by atoms with Crippen molar-refractivity contribution in [3.8, 4) is 11.5 Å². The first-order chi connectivity index (χ1) is 20.0. The van der Waals surface area contributed by atoms with Gasteiger partial charge in [0.1, 0.15) is 12.4 Å². The number of ether oxygens (including phenoxy) is 5. The van der Waals surface area contributed by atoms with E-state index in [1.165, 1.54) is 0 Å². The van der Waals surface area contributed by atoms with Crippen LogP contribution in [0.4, 0.5) is 0 Å². The summed E-state index contributed by atoms with van der Waals surface area (Å²) in [5, 5.41) is 21.9. The van der Waals surface area contributed by atoms with Gasteiger partial charge in [-0.05, 0) is 95.2 Å². The van der Waals surface area contributed by atoms with Crippen LogP contribution in [0.25, 0.3) is 0 Å². The van der Waals surface area contributed by atoms with Gasteiger partial charge in [-0.15, -0.1) is 0 Å². The van der Waals surface area contributed by atoms with Crippen LogP contribution in [0.5, 0.6) is 11.5 Å². The van der Waals surface area contributed by atoms with Crippen LogP contribution in [0.1, 0.15) is 76.3 Å². The number of carbonyl (C=O) groups is 2. The van der Waals surface area contributed by atoms with Crippen LogP contribution in [0.3, 0.4) is 0 Å². The molecule has 3 heterocycles. The monoisotopic (exact) mass is 585 g/mol. The highest BCUT2D eigenvalue weighted by Gasteiger charge is 2.59. The van der Waals surface area contributed by atoms with E-state index in [-0.39, 0.29) is 25.7 Å². The van der Waals surface area contributed by atoms with Gasteiger partial charge in [-0.25, -0.2) is 4.79 Å². The molecule has 230 valence electrons. The van der Waals surface area contributed by atoms with Gasteiger partial charge in [-0.1, -0.05) is 12.2 Å². The standard InChI is InChI=1S/C32H43NO9/c1-5-6-15-39-26(34)19-32(37,12-7-10-30(2,3)36)29(35)42-28-25(38-4)18-31-11-8-13-33(31)14-9-21-16-23-24(41-20-40-23)17-22(21)27(28)31/h5-6,16-18,27-28,36-37H,7-15,19-20H2,1-4H3/b6-5+. The highest BCUT2D eigenvalue weighted by Crippen LogP contribution is 2.55. The second-order valence-corrected chi connectivity index (χ2v) is 12.4. The van der Waals surface area contributed by atoms with Gasteiger partial charge in [-0.2, -0.15) is 0 Å². The second-order valence-electron chi connectivity index (χ2n) is 12.4. The summed E-state index contributed by atoms with van der Waals surface area (Å²) >= 11 is 0. The largest absolute Gasteiger partial charge is 0.497 e. The number of benzene rings is 1. The number of nitrogens with zero attached hydrogens (tertiary/aromatic N) is 1. The molecule has 1 aliphatic carbocycles. The van der Waals surface area contributed by atoms with E-state index in [0.29, 0.717) is 30.1 Å². The number of rotatable bonds is 11. The summed E-state index contributed by atoms with van der Waals surface area (Å²) in [5.74, 6) is -0.0707. The van der Waals surface area contributed by atoms with Crippen molar-refractivity contribution in [2.45, 2.75) is 94.5 Å². The SMILES string of the molecule is C/C=C/COC(=O)CC(O)(CCCC(C)(C)O)C(=O)OC1C(OC)=CC23CCCN2CCc2cc4c(cc2C13)OCO4. The third-order valence-electron chi connectivity index (χ3n) is 8.97. The molecule has 10 nitrogen and oxygen atoms in total. The van der Waals surface area contributed by atoms with Gasteiger partial charge in [0.2, 0.25) is 6.79 Å². The predicted octanol–water partition coefficient (Wildman–Crippen LogP) is 3.53. The Morgan fingerprint density at radius 3 is 2.64 bits per heavy atom. The molecule has 0 amide bonds. The van der Waals surface area contributed by atoms with Crippen molar-refractivity contribution >= 4 is 11.9 Å². The van der Waals surface area contributed by atoms with E-state index >= 15 is 0 Å². The minimum atomic E-state index is -2.15. The van der Waals surface area contributed by atoms with Crippen molar-refractivity contribution in [1.82, 2.24) is 4.90 Å². The Balaban J connectivity index is 1.47. The third kappa shape index (κ3) is 5.89. The van der Waals surface area contributed by atoms with Gasteiger partial charge in [0.25, 0.3) is 0 Å². The lowest BCUT2D eigenvalue weighted by molar-refractivity contribution is -0.179. The number of hydrogen-bond donors (Lipinski definition) is 2. The summed E-state index contributed by atoms with van der Waals surface area (Å²) in [7, 11) is 1.56. The third-order valence-corrected chi connectivity index (χ3v) is 8.97. The second kappa shape index (κ2) is 11.9. The molecule has 1 spiro atoms. The van der Waals surface area contributed by atoms with Gasteiger partial charge >= 0.3 is 11.9 Å². The lowest BCUT2D eigenvalue weighted by Crippen LogP contribution is -2.49. The molecule has 0 saturated carbocycles. The Kier molecular flexibility index (Phi) is 8.60. The minimum Gasteiger partial charge on any atom is -0.497 e. The molecule has 42 heavy (non-hydrogen) atoms. The van der Waals surface area contributed by atoms with E-state index in [0.717, 1.165) is 43.5 Å². The molecule has 4 atom stereocenters. The number of fused-ring (bicyclic) bond motifs is 3. The molecule has 1 aromatic rings. The molecule has 0 bridgehead atoms. The summed E-state index contributed by atoms with van der Waals surface area (Å²) in [6.45, 7) is 7.05. The fourth-order valence-electron chi connectivity index (χ4n) is 6.92. The number of esters is 2. The smallest absolute Gasteiger partial charge is 0.339 e. The minimum absolute atomic E-state index is 0.0383. The van der Waals surface area contributed by atoms with Crippen LogP contribution in [0.15, 0.2) is 36.1 Å². The zero-order chi connectivity index (χ0) is 30.1. The number of hydrogen-bond acceptors (Lipinski definition) is 10. The Labute approximate surface area is 247 Å². The number of methoxy groups -OCH3 is 1. The summed E-state index contributed by atoms with van der Waals surface area (Å²) in [5.41, 5.74) is -1.48. The molecule has 0 radical (unpaired) electrons. The molecule has 1 fully saturated rings. The van der Waals surface area contributed by atoms with E-state index in [2.05, 4.69) is 11.0 Å². The summed E-state index contributed by atoms with van der Waals surface area (Å²) in [4.78, 5) is 29.1. The molecule has 4 unspecified atom stereocenters. The van der Waals surface area contributed by atoms with Crippen molar-refractivity contribution in [1.29, 1.82) is 0 Å². The first-order valence-electron chi connectivity index (χ1n) is 14.9. The van der Waals surface area contributed by atoms with Gasteiger partial charge in [0, 0.05) is 6.54 Å². The highest BCUT2D eigenvalue weighted by atomic mass is 16.7. The molecular weight excluding hydrogens is 542 g/mol. The predicted molar refractivity (Wildman–Crippen MR) is 153 cm³/mol. The number of carbonyl (C=O) groups excluding carboxylic acids is 2. The zero-order valence-corrected chi connectivity index (χ0v) is 25.0. The fourth-order valence-corrected chi connectivity index (χ4v) is 6.92. The van der Waals surface area contributed by atoms with Crippen LogP contribution in [-0.4, -0.2) is 83.5 Å². The van der Waals surface area contributed by atoms with Gasteiger partial charge < -0.3 is 33.9 Å². The Bertz CT molecular complexity index is 1250. The first kappa shape index (κ1) is 30.4. The summed E-state index contributed by atoms with van der Waals surface area (Å²) < 4.78 is 28.7. The van der Waals surface area contributed by atoms with E-state index in [9.17, 15) is 19.8 Å². The average molecular weight is 586 g/mol. The molecule has 2 N–H and O–H groups in total. The van der Waals surface area contributed by atoms with E-state index in [1.807, 2.05) is 12.1 Å². The maximum absolute atomic E-state index is 14.0. The van der Waals surface area contributed by atoms with Crippen molar-refractivity contribution < 1.29 is 43.5 Å².